The van der Waals surface area contributed by atoms with E-state index < -0.39 is 0 Å². The number of hydrogen-bond donors (Lipinski definition) is 1. The van der Waals surface area contributed by atoms with E-state index >= 15 is 0 Å². The second kappa shape index (κ2) is 6.74. The van der Waals surface area contributed by atoms with E-state index in [0.29, 0.717) is 29.6 Å². The predicted octanol–water partition coefficient (Wildman–Crippen LogP) is 3.44. The van der Waals surface area contributed by atoms with Gasteiger partial charge in [-0.25, -0.2) is 4.68 Å². The van der Waals surface area contributed by atoms with Gasteiger partial charge in [0.2, 0.25) is 0 Å². The van der Waals surface area contributed by atoms with Crippen LogP contribution in [-0.4, -0.2) is 22.3 Å². The third-order valence-corrected chi connectivity index (χ3v) is 3.33. The van der Waals surface area contributed by atoms with E-state index in [1.165, 1.54) is 6.20 Å². The Labute approximate surface area is 126 Å². The molecule has 0 bridgehead atoms. The van der Waals surface area contributed by atoms with Gasteiger partial charge >= 0.3 is 0 Å². The number of benzene rings is 1. The molecule has 1 aromatic heterocycles. The van der Waals surface area contributed by atoms with Crippen LogP contribution in [0.3, 0.4) is 0 Å². The second-order valence-corrected chi connectivity index (χ2v) is 4.73. The molecule has 0 atom stereocenters. The van der Waals surface area contributed by atoms with Gasteiger partial charge in [0, 0.05) is 6.61 Å². The molecule has 1 amide bonds. The molecule has 0 radical (unpaired) electrons. The molecule has 2 aromatic rings. The molecule has 0 aliphatic rings. The Morgan fingerprint density at radius 3 is 3.00 bits per heavy atom. The molecule has 0 aliphatic heterocycles. The van der Waals surface area contributed by atoms with Crippen molar-refractivity contribution >= 4 is 34.8 Å². The highest BCUT2D eigenvalue weighted by atomic mass is 35.5. The minimum atomic E-state index is -0.339. The Morgan fingerprint density at radius 1 is 1.45 bits per heavy atom. The summed E-state index contributed by atoms with van der Waals surface area (Å²) in [4.78, 5) is 12.1. The van der Waals surface area contributed by atoms with E-state index in [0.717, 1.165) is 0 Å². The molecular formula is C13H13Cl2N3O2. The Bertz CT molecular complexity index is 613. The van der Waals surface area contributed by atoms with E-state index in [1.807, 2.05) is 6.92 Å². The first kappa shape index (κ1) is 14.8. The van der Waals surface area contributed by atoms with Crippen LogP contribution in [0.1, 0.15) is 17.3 Å². The van der Waals surface area contributed by atoms with Crippen LogP contribution in [0.5, 0.6) is 0 Å². The van der Waals surface area contributed by atoms with Gasteiger partial charge in [-0.05, 0) is 19.1 Å². The average Bonchev–Trinajstić information content (AvgIpc) is 2.87. The number of anilines is 1. The lowest BCUT2D eigenvalue weighted by Crippen LogP contribution is -2.12. The summed E-state index contributed by atoms with van der Waals surface area (Å²) in [7, 11) is 0. The van der Waals surface area contributed by atoms with Crippen LogP contribution >= 0.6 is 23.2 Å². The predicted molar refractivity (Wildman–Crippen MR) is 78.3 cm³/mol. The number of ether oxygens (including phenoxy) is 1. The first-order valence-corrected chi connectivity index (χ1v) is 6.73. The largest absolute Gasteiger partial charge is 0.360 e. The SMILES string of the molecule is CCOCn1cc(NC(=O)c2cccc(Cl)c2Cl)cn1. The molecule has 1 aromatic carbocycles. The van der Waals surface area contributed by atoms with Crippen molar-refractivity contribution < 1.29 is 9.53 Å². The topological polar surface area (TPSA) is 56.1 Å². The van der Waals surface area contributed by atoms with Gasteiger partial charge in [0.1, 0.15) is 6.73 Å². The van der Waals surface area contributed by atoms with Crippen LogP contribution in [-0.2, 0) is 11.5 Å². The first-order chi connectivity index (χ1) is 9.61. The molecule has 0 unspecified atom stereocenters. The zero-order valence-corrected chi connectivity index (χ0v) is 12.3. The molecule has 20 heavy (non-hydrogen) atoms. The van der Waals surface area contributed by atoms with Crippen LogP contribution in [0.2, 0.25) is 10.0 Å². The van der Waals surface area contributed by atoms with Gasteiger partial charge in [-0.15, -0.1) is 0 Å². The van der Waals surface area contributed by atoms with Gasteiger partial charge < -0.3 is 10.1 Å². The number of carbonyl (C=O) groups is 1. The zero-order chi connectivity index (χ0) is 14.5. The fraction of sp³-hybridized carbons (Fsp3) is 0.231. The van der Waals surface area contributed by atoms with Crippen LogP contribution in [0, 0.1) is 0 Å². The molecule has 7 heteroatoms. The summed E-state index contributed by atoms with van der Waals surface area (Å²) in [5.74, 6) is -0.339. The summed E-state index contributed by atoms with van der Waals surface area (Å²) < 4.78 is 6.79. The fourth-order valence-corrected chi connectivity index (χ4v) is 1.95. The molecule has 0 saturated carbocycles. The summed E-state index contributed by atoms with van der Waals surface area (Å²) in [6.45, 7) is 2.83. The monoisotopic (exact) mass is 313 g/mol. The van der Waals surface area contributed by atoms with E-state index in [2.05, 4.69) is 10.4 Å². The number of carbonyl (C=O) groups excluding carboxylic acids is 1. The van der Waals surface area contributed by atoms with Gasteiger partial charge in [-0.3, -0.25) is 4.79 Å². The Kier molecular flexibility index (Phi) is 5.00. The van der Waals surface area contributed by atoms with Crippen molar-refractivity contribution in [2.75, 3.05) is 11.9 Å². The number of rotatable bonds is 5. The van der Waals surface area contributed by atoms with Crippen LogP contribution in [0.15, 0.2) is 30.6 Å². The van der Waals surface area contributed by atoms with Crippen LogP contribution in [0.4, 0.5) is 5.69 Å². The van der Waals surface area contributed by atoms with Gasteiger partial charge in [0.05, 0.1) is 33.7 Å². The summed E-state index contributed by atoms with van der Waals surface area (Å²) in [5, 5.41) is 7.33. The average molecular weight is 314 g/mol. The van der Waals surface area contributed by atoms with Gasteiger partial charge in [0.25, 0.3) is 5.91 Å². The second-order valence-electron chi connectivity index (χ2n) is 3.95. The number of nitrogens with one attached hydrogen (secondary N) is 1. The third kappa shape index (κ3) is 3.50. The van der Waals surface area contributed by atoms with Crippen LogP contribution < -0.4 is 5.32 Å². The normalized spacial score (nSPS) is 10.6. The molecule has 1 heterocycles. The third-order valence-electron chi connectivity index (χ3n) is 2.52. The lowest BCUT2D eigenvalue weighted by atomic mass is 10.2. The Balaban J connectivity index is 2.07. The number of nitrogens with zero attached hydrogens (tertiary/aromatic N) is 2. The lowest BCUT2D eigenvalue weighted by molar-refractivity contribution is 0.0792. The maximum atomic E-state index is 12.1. The van der Waals surface area contributed by atoms with E-state index in [4.69, 9.17) is 27.9 Å². The molecule has 1 N–H and O–H groups in total. The van der Waals surface area contributed by atoms with E-state index in [1.54, 1.807) is 29.1 Å². The molecule has 0 aliphatic carbocycles. The maximum Gasteiger partial charge on any atom is 0.257 e. The maximum absolute atomic E-state index is 12.1. The number of hydrogen-bond acceptors (Lipinski definition) is 3. The molecule has 0 saturated heterocycles. The summed E-state index contributed by atoms with van der Waals surface area (Å²) in [6.07, 6.45) is 3.21. The Morgan fingerprint density at radius 2 is 2.25 bits per heavy atom. The fourth-order valence-electron chi connectivity index (χ4n) is 1.56. The highest BCUT2D eigenvalue weighted by Gasteiger charge is 2.13. The minimum Gasteiger partial charge on any atom is -0.360 e. The summed E-state index contributed by atoms with van der Waals surface area (Å²) in [5.41, 5.74) is 0.877. The molecule has 0 spiro atoms. The van der Waals surface area contributed by atoms with E-state index in [9.17, 15) is 4.79 Å². The van der Waals surface area contributed by atoms with Crippen molar-refractivity contribution in [1.29, 1.82) is 0 Å². The molecule has 5 nitrogen and oxygen atoms in total. The van der Waals surface area contributed by atoms with Crippen molar-refractivity contribution in [2.45, 2.75) is 13.7 Å². The van der Waals surface area contributed by atoms with Crippen molar-refractivity contribution in [3.05, 3.63) is 46.2 Å². The highest BCUT2D eigenvalue weighted by Crippen LogP contribution is 2.26. The number of halogens is 2. The minimum absolute atomic E-state index is 0.230. The van der Waals surface area contributed by atoms with Gasteiger partial charge in [-0.2, -0.15) is 5.10 Å². The highest BCUT2D eigenvalue weighted by molar-refractivity contribution is 6.44. The van der Waals surface area contributed by atoms with Crippen molar-refractivity contribution in [2.24, 2.45) is 0 Å². The first-order valence-electron chi connectivity index (χ1n) is 5.97. The molecular weight excluding hydrogens is 301 g/mol. The quantitative estimate of drug-likeness (QED) is 0.920. The van der Waals surface area contributed by atoms with Gasteiger partial charge in [-0.1, -0.05) is 29.3 Å². The van der Waals surface area contributed by atoms with Crippen molar-refractivity contribution in [3.8, 4) is 0 Å². The number of amides is 1. The molecule has 0 fully saturated rings. The molecule has 2 rings (SSSR count). The Hall–Kier alpha value is -1.56. The van der Waals surface area contributed by atoms with Gasteiger partial charge in [0.15, 0.2) is 0 Å². The standard InChI is InChI=1S/C13H13Cl2N3O2/c1-2-20-8-18-7-9(6-16-18)17-13(19)10-4-3-5-11(14)12(10)15/h3-7H,2,8H2,1H3,(H,17,19). The summed E-state index contributed by atoms with van der Waals surface area (Å²) >= 11 is 11.9. The lowest BCUT2D eigenvalue weighted by Gasteiger charge is -2.05. The van der Waals surface area contributed by atoms with E-state index in [-0.39, 0.29) is 10.9 Å². The zero-order valence-electron chi connectivity index (χ0n) is 10.8. The molecule has 106 valence electrons. The van der Waals surface area contributed by atoms with Crippen molar-refractivity contribution in [3.63, 3.8) is 0 Å². The smallest absolute Gasteiger partial charge is 0.257 e. The summed E-state index contributed by atoms with van der Waals surface area (Å²) in [6, 6.07) is 4.90. The van der Waals surface area contributed by atoms with Crippen LogP contribution in [0.25, 0.3) is 0 Å². The van der Waals surface area contributed by atoms with Crippen molar-refractivity contribution in [1.82, 2.24) is 9.78 Å². The number of aromatic nitrogens is 2.